The molecule has 30 heavy (non-hydrogen) atoms. The van der Waals surface area contributed by atoms with Gasteiger partial charge in [-0.1, -0.05) is 32.0 Å². The molecule has 0 fully saturated rings. The Morgan fingerprint density at radius 1 is 1.13 bits per heavy atom. The minimum atomic E-state index is -3.70. The van der Waals surface area contributed by atoms with E-state index < -0.39 is 10.0 Å². The van der Waals surface area contributed by atoms with Crippen molar-refractivity contribution < 1.29 is 13.2 Å². The molecule has 1 atom stereocenters. The molecule has 7 nitrogen and oxygen atoms in total. The topological polar surface area (TPSA) is 77.3 Å². The molecule has 4 rings (SSSR count). The Balaban J connectivity index is 1.61. The number of nitrogens with zero attached hydrogens (tertiary/aromatic N) is 4. The van der Waals surface area contributed by atoms with E-state index in [1.54, 1.807) is 40.3 Å². The summed E-state index contributed by atoms with van der Waals surface area (Å²) < 4.78 is 36.2. The zero-order valence-electron chi connectivity index (χ0n) is 17.4. The van der Waals surface area contributed by atoms with Gasteiger partial charge >= 0.3 is 0 Å². The summed E-state index contributed by atoms with van der Waals surface area (Å²) in [5.74, 6) is 1.48. The summed E-state index contributed by atoms with van der Waals surface area (Å²) in [6.07, 6.45) is 3.17. The lowest BCUT2D eigenvalue weighted by Crippen LogP contribution is -2.46. The minimum Gasteiger partial charge on any atom is -0.486 e. The van der Waals surface area contributed by atoms with E-state index in [0.29, 0.717) is 11.6 Å². The van der Waals surface area contributed by atoms with Gasteiger partial charge in [-0.05, 0) is 54.7 Å². The highest BCUT2D eigenvalue weighted by Gasteiger charge is 2.37. The lowest BCUT2D eigenvalue weighted by Gasteiger charge is -2.40. The van der Waals surface area contributed by atoms with Crippen LogP contribution in [0.1, 0.15) is 31.7 Å². The van der Waals surface area contributed by atoms with Gasteiger partial charge in [-0.3, -0.25) is 8.99 Å². The molecule has 0 amide bonds. The Morgan fingerprint density at radius 2 is 1.87 bits per heavy atom. The number of aryl methyl sites for hydroxylation is 2. The maximum atomic E-state index is 13.6. The van der Waals surface area contributed by atoms with Crippen molar-refractivity contribution in [1.29, 1.82) is 0 Å². The summed E-state index contributed by atoms with van der Waals surface area (Å²) in [6, 6.07) is 14.3. The van der Waals surface area contributed by atoms with E-state index in [9.17, 15) is 8.42 Å². The summed E-state index contributed by atoms with van der Waals surface area (Å²) in [7, 11) is -1.91. The van der Waals surface area contributed by atoms with Crippen LogP contribution >= 0.6 is 0 Å². The molecule has 0 unspecified atom stereocenters. The van der Waals surface area contributed by atoms with E-state index >= 15 is 0 Å². The first-order chi connectivity index (χ1) is 14.4. The highest BCUT2D eigenvalue weighted by atomic mass is 32.2. The Morgan fingerprint density at radius 3 is 2.53 bits per heavy atom. The van der Waals surface area contributed by atoms with Gasteiger partial charge in [-0.2, -0.15) is 5.10 Å². The van der Waals surface area contributed by atoms with Gasteiger partial charge in [0.15, 0.2) is 5.82 Å². The number of hydrogen-bond acceptors (Lipinski definition) is 5. The number of ether oxygens (including phenoxy) is 1. The molecule has 1 aromatic heterocycles. The molecule has 1 aliphatic rings. The van der Waals surface area contributed by atoms with Crippen molar-refractivity contribution in [2.45, 2.75) is 44.2 Å². The van der Waals surface area contributed by atoms with Crippen LogP contribution in [0.15, 0.2) is 59.8 Å². The molecule has 0 bridgehead atoms. The van der Waals surface area contributed by atoms with Crippen molar-refractivity contribution in [2.24, 2.45) is 13.0 Å². The average Bonchev–Trinajstić information content (AvgIpc) is 3.16. The fourth-order valence-electron chi connectivity index (χ4n) is 3.87. The van der Waals surface area contributed by atoms with Crippen LogP contribution in [0.5, 0.6) is 5.75 Å². The normalized spacial score (nSPS) is 16.5. The summed E-state index contributed by atoms with van der Waals surface area (Å²) in [6.45, 7) is 4.41. The van der Waals surface area contributed by atoms with Gasteiger partial charge in [0, 0.05) is 13.1 Å². The van der Waals surface area contributed by atoms with Gasteiger partial charge in [0.05, 0.1) is 10.6 Å². The van der Waals surface area contributed by atoms with Crippen LogP contribution in [0.4, 0.5) is 5.69 Å². The third kappa shape index (κ3) is 3.79. The molecule has 158 valence electrons. The van der Waals surface area contributed by atoms with E-state index in [1.165, 1.54) is 6.33 Å². The number of para-hydroxylation sites is 1. The average molecular weight is 427 g/mol. The van der Waals surface area contributed by atoms with Crippen molar-refractivity contribution in [3.8, 4) is 5.75 Å². The van der Waals surface area contributed by atoms with Crippen LogP contribution in [0.3, 0.4) is 0 Å². The number of benzene rings is 2. The SMILES string of the molecule is CC(C)[C@@H]1CCc2ccccc2N1S(=O)(=O)c1ccc(OCc2ncnn2C)cc1. The van der Waals surface area contributed by atoms with Gasteiger partial charge in [-0.15, -0.1) is 0 Å². The largest absolute Gasteiger partial charge is 0.486 e. The molecule has 0 aliphatic carbocycles. The molecule has 2 aromatic carbocycles. The van der Waals surface area contributed by atoms with E-state index in [2.05, 4.69) is 23.9 Å². The molecule has 0 radical (unpaired) electrons. The van der Waals surface area contributed by atoms with E-state index in [1.807, 2.05) is 24.3 Å². The van der Waals surface area contributed by atoms with Crippen LogP contribution in [0, 0.1) is 5.92 Å². The van der Waals surface area contributed by atoms with Gasteiger partial charge in [0.25, 0.3) is 10.0 Å². The Bertz CT molecular complexity index is 1120. The lowest BCUT2D eigenvalue weighted by atomic mass is 9.91. The number of hydrogen-bond donors (Lipinski definition) is 0. The van der Waals surface area contributed by atoms with Crippen LogP contribution < -0.4 is 9.04 Å². The lowest BCUT2D eigenvalue weighted by molar-refractivity contribution is 0.289. The van der Waals surface area contributed by atoms with Crippen molar-refractivity contribution in [3.05, 3.63) is 66.2 Å². The molecule has 0 N–H and O–H groups in total. The summed E-state index contributed by atoms with van der Waals surface area (Å²) in [4.78, 5) is 4.38. The zero-order chi connectivity index (χ0) is 21.3. The number of sulfonamides is 1. The van der Waals surface area contributed by atoms with Gasteiger partial charge in [0.2, 0.25) is 0 Å². The zero-order valence-corrected chi connectivity index (χ0v) is 18.2. The molecule has 0 spiro atoms. The Kier molecular flexibility index (Phi) is 5.51. The number of aromatic nitrogens is 3. The standard InChI is InChI=1S/C22H26N4O3S/c1-16(2)20-13-8-17-6-4-5-7-21(17)26(20)30(27,28)19-11-9-18(10-12-19)29-14-22-23-15-24-25(22)3/h4-7,9-12,15-16,20H,8,13-14H2,1-3H3/t20-/m0/s1. The molecular formula is C22H26N4O3S. The second-order valence-corrected chi connectivity index (χ2v) is 9.65. The minimum absolute atomic E-state index is 0.0725. The van der Waals surface area contributed by atoms with Gasteiger partial charge < -0.3 is 4.74 Å². The monoisotopic (exact) mass is 426 g/mol. The summed E-state index contributed by atoms with van der Waals surface area (Å²) in [5, 5.41) is 4.01. The third-order valence-corrected chi connectivity index (χ3v) is 7.42. The molecule has 2 heterocycles. The molecule has 3 aromatic rings. The summed E-state index contributed by atoms with van der Waals surface area (Å²) >= 11 is 0. The van der Waals surface area contributed by atoms with Crippen molar-refractivity contribution >= 4 is 15.7 Å². The number of anilines is 1. The number of fused-ring (bicyclic) bond motifs is 1. The van der Waals surface area contributed by atoms with Gasteiger partial charge in [0.1, 0.15) is 18.7 Å². The highest BCUT2D eigenvalue weighted by Crippen LogP contribution is 2.38. The number of rotatable bonds is 6. The van der Waals surface area contributed by atoms with Crippen LogP contribution in [0.25, 0.3) is 0 Å². The van der Waals surface area contributed by atoms with Crippen molar-refractivity contribution in [1.82, 2.24) is 14.8 Å². The molecular weight excluding hydrogens is 400 g/mol. The molecule has 1 aliphatic heterocycles. The molecule has 8 heteroatoms. The molecule has 0 saturated carbocycles. The van der Waals surface area contributed by atoms with E-state index in [-0.39, 0.29) is 23.5 Å². The molecule has 0 saturated heterocycles. The van der Waals surface area contributed by atoms with Gasteiger partial charge in [-0.25, -0.2) is 13.4 Å². The third-order valence-electron chi connectivity index (χ3n) is 5.56. The maximum absolute atomic E-state index is 13.6. The Hall–Kier alpha value is -2.87. The first-order valence-corrected chi connectivity index (χ1v) is 11.5. The smallest absolute Gasteiger partial charge is 0.264 e. The fourth-order valence-corrected chi connectivity index (χ4v) is 5.72. The predicted octanol–water partition coefficient (Wildman–Crippen LogP) is 3.56. The van der Waals surface area contributed by atoms with Crippen molar-refractivity contribution in [3.63, 3.8) is 0 Å². The summed E-state index contributed by atoms with van der Waals surface area (Å²) in [5.41, 5.74) is 1.85. The van der Waals surface area contributed by atoms with Crippen LogP contribution in [-0.4, -0.2) is 29.2 Å². The van der Waals surface area contributed by atoms with Crippen molar-refractivity contribution in [2.75, 3.05) is 4.31 Å². The van der Waals surface area contributed by atoms with Crippen LogP contribution in [-0.2, 0) is 30.1 Å². The second kappa shape index (κ2) is 8.10. The second-order valence-electron chi connectivity index (χ2n) is 7.84. The first-order valence-electron chi connectivity index (χ1n) is 10.1. The Labute approximate surface area is 177 Å². The predicted molar refractivity (Wildman–Crippen MR) is 115 cm³/mol. The van der Waals surface area contributed by atoms with Crippen LogP contribution in [0.2, 0.25) is 0 Å². The fraction of sp³-hybridized carbons (Fsp3) is 0.364. The maximum Gasteiger partial charge on any atom is 0.264 e. The quantitative estimate of drug-likeness (QED) is 0.602. The van der Waals surface area contributed by atoms with E-state index in [0.717, 1.165) is 24.1 Å². The van der Waals surface area contributed by atoms with E-state index in [4.69, 9.17) is 4.74 Å². The highest BCUT2D eigenvalue weighted by molar-refractivity contribution is 7.92. The first kappa shape index (κ1) is 20.4.